The van der Waals surface area contributed by atoms with E-state index in [1.165, 1.54) is 22.9 Å². The summed E-state index contributed by atoms with van der Waals surface area (Å²) in [5.74, 6) is 0.114. The Balaban J connectivity index is 1.82. The number of amides is 1. The minimum absolute atomic E-state index is 0.114. The van der Waals surface area contributed by atoms with E-state index in [0.717, 1.165) is 31.2 Å². The van der Waals surface area contributed by atoms with Gasteiger partial charge in [0.2, 0.25) is 15.9 Å². The van der Waals surface area contributed by atoms with Crippen LogP contribution in [0.1, 0.15) is 54.9 Å². The lowest BCUT2D eigenvalue weighted by atomic mass is 9.90. The second-order valence-electron chi connectivity index (χ2n) is 8.73. The first-order chi connectivity index (χ1) is 14.7. The predicted octanol–water partition coefficient (Wildman–Crippen LogP) is 3.84. The van der Waals surface area contributed by atoms with Crippen molar-refractivity contribution < 1.29 is 13.2 Å². The number of hydrogen-bond acceptors (Lipinski definition) is 3. The Morgan fingerprint density at radius 3 is 2.48 bits per heavy atom. The summed E-state index contributed by atoms with van der Waals surface area (Å²) >= 11 is 0. The highest BCUT2D eigenvalue weighted by Crippen LogP contribution is 2.24. The number of aryl methyl sites for hydroxylation is 1. The molecule has 0 radical (unpaired) electrons. The van der Waals surface area contributed by atoms with Gasteiger partial charge in [0.15, 0.2) is 0 Å². The molecule has 0 bridgehead atoms. The van der Waals surface area contributed by atoms with E-state index < -0.39 is 10.0 Å². The third-order valence-corrected chi connectivity index (χ3v) is 6.62. The van der Waals surface area contributed by atoms with Crippen LogP contribution >= 0.6 is 0 Å². The third kappa shape index (κ3) is 6.91. The number of likely N-dealkylation sites (tertiary alicyclic amines) is 1. The first-order valence-electron chi connectivity index (χ1n) is 11.2. The van der Waals surface area contributed by atoms with Crippen LogP contribution < -0.4 is 4.72 Å². The lowest BCUT2D eigenvalue weighted by Crippen LogP contribution is -2.57. The normalized spacial score (nSPS) is 19.4. The van der Waals surface area contributed by atoms with Crippen molar-refractivity contribution in [3.8, 4) is 0 Å². The van der Waals surface area contributed by atoms with Crippen LogP contribution in [0.15, 0.2) is 48.5 Å². The molecular weight excluding hydrogens is 408 g/mol. The summed E-state index contributed by atoms with van der Waals surface area (Å²) in [4.78, 5) is 14.7. The van der Waals surface area contributed by atoms with Crippen LogP contribution in [0.5, 0.6) is 0 Å². The molecule has 1 aliphatic heterocycles. The molecule has 0 saturated carbocycles. The number of nitrogens with zero attached hydrogens (tertiary/aromatic N) is 1. The van der Waals surface area contributed by atoms with E-state index in [9.17, 15) is 13.2 Å². The summed E-state index contributed by atoms with van der Waals surface area (Å²) in [5, 5.41) is 0. The number of rotatable bonds is 8. The van der Waals surface area contributed by atoms with Crippen LogP contribution in [-0.2, 0) is 27.7 Å². The highest BCUT2D eigenvalue weighted by molar-refractivity contribution is 7.88. The number of carbonyl (C=O) groups excluding carboxylic acids is 1. The molecule has 1 amide bonds. The van der Waals surface area contributed by atoms with Crippen LogP contribution in [0.25, 0.3) is 0 Å². The first kappa shape index (κ1) is 23.5. The maximum absolute atomic E-state index is 12.8. The smallest absolute Gasteiger partial charge is 0.222 e. The van der Waals surface area contributed by atoms with Crippen molar-refractivity contribution in [2.24, 2.45) is 0 Å². The van der Waals surface area contributed by atoms with Gasteiger partial charge in [0.1, 0.15) is 0 Å². The topological polar surface area (TPSA) is 66.5 Å². The van der Waals surface area contributed by atoms with E-state index in [1.54, 1.807) is 0 Å². The van der Waals surface area contributed by atoms with Crippen LogP contribution in [0.3, 0.4) is 0 Å². The molecule has 1 N–H and O–H groups in total. The molecule has 0 spiro atoms. The van der Waals surface area contributed by atoms with E-state index in [1.807, 2.05) is 11.8 Å². The molecule has 31 heavy (non-hydrogen) atoms. The molecule has 3 rings (SSSR count). The summed E-state index contributed by atoms with van der Waals surface area (Å²) in [6.45, 7) is 4.77. The van der Waals surface area contributed by atoms with E-state index in [2.05, 4.69) is 60.2 Å². The fraction of sp³-hybridized carbons (Fsp3) is 0.480. The van der Waals surface area contributed by atoms with Gasteiger partial charge in [-0.05, 0) is 55.7 Å². The van der Waals surface area contributed by atoms with Gasteiger partial charge < -0.3 is 4.90 Å². The van der Waals surface area contributed by atoms with Gasteiger partial charge in [0.25, 0.3) is 0 Å². The third-order valence-electron chi connectivity index (χ3n) is 5.89. The van der Waals surface area contributed by atoms with E-state index >= 15 is 0 Å². The monoisotopic (exact) mass is 442 g/mol. The average molecular weight is 443 g/mol. The molecule has 1 saturated heterocycles. The lowest BCUT2D eigenvalue weighted by molar-refractivity contribution is -0.135. The van der Waals surface area contributed by atoms with Gasteiger partial charge in [0.05, 0.1) is 12.3 Å². The highest BCUT2D eigenvalue weighted by atomic mass is 32.2. The van der Waals surface area contributed by atoms with Crippen LogP contribution in [0.2, 0.25) is 0 Å². The molecule has 0 aromatic heterocycles. The molecule has 1 aliphatic rings. The molecule has 1 fully saturated rings. The number of benzene rings is 2. The van der Waals surface area contributed by atoms with Gasteiger partial charge in [-0.25, -0.2) is 13.1 Å². The summed E-state index contributed by atoms with van der Waals surface area (Å²) in [6.07, 6.45) is 5.53. The molecule has 5 nitrogen and oxygen atoms in total. The Labute approximate surface area is 186 Å². The maximum atomic E-state index is 12.8. The van der Waals surface area contributed by atoms with Crippen molar-refractivity contribution in [2.45, 2.75) is 64.5 Å². The van der Waals surface area contributed by atoms with Gasteiger partial charge in [-0.15, -0.1) is 0 Å². The summed E-state index contributed by atoms with van der Waals surface area (Å²) in [6, 6.07) is 16.6. The van der Waals surface area contributed by atoms with Crippen molar-refractivity contribution in [2.75, 3.05) is 12.8 Å². The Morgan fingerprint density at radius 1 is 1.10 bits per heavy atom. The molecule has 168 valence electrons. The average Bonchev–Trinajstić information content (AvgIpc) is 2.70. The quantitative estimate of drug-likeness (QED) is 0.676. The van der Waals surface area contributed by atoms with E-state index in [4.69, 9.17) is 0 Å². The molecule has 2 aromatic rings. The molecule has 0 aliphatic carbocycles. The molecule has 6 heteroatoms. The fourth-order valence-corrected chi connectivity index (χ4v) is 5.26. The Bertz CT molecular complexity index is 986. The second kappa shape index (κ2) is 10.4. The highest BCUT2D eigenvalue weighted by Gasteiger charge is 2.35. The van der Waals surface area contributed by atoms with Gasteiger partial charge in [0, 0.05) is 19.0 Å². The number of nitrogens with one attached hydrogen (secondary N) is 1. The Morgan fingerprint density at radius 2 is 1.81 bits per heavy atom. The standard InChI is InChI=1S/C25H34N2O3S/c1-4-7-25(28)27-15-6-10-23(26-31(3,29)30)24(27)18-22-9-5-8-21(17-22)16-20-13-11-19(2)12-14-20/h5,8-9,11-14,17,23-24,26H,4,6-7,10,15-16,18H2,1-3H3. The zero-order valence-corrected chi connectivity index (χ0v) is 19.6. The zero-order chi connectivity index (χ0) is 22.4. The van der Waals surface area contributed by atoms with Crippen LogP contribution in [0, 0.1) is 6.92 Å². The lowest BCUT2D eigenvalue weighted by Gasteiger charge is -2.41. The van der Waals surface area contributed by atoms with Crippen molar-refractivity contribution in [1.29, 1.82) is 0 Å². The van der Waals surface area contributed by atoms with Crippen LogP contribution in [-0.4, -0.2) is 44.1 Å². The van der Waals surface area contributed by atoms with Crippen molar-refractivity contribution in [3.05, 3.63) is 70.8 Å². The van der Waals surface area contributed by atoms with Gasteiger partial charge >= 0.3 is 0 Å². The zero-order valence-electron chi connectivity index (χ0n) is 18.8. The SMILES string of the molecule is CCCC(=O)N1CCCC(NS(C)(=O)=O)C1Cc1cccc(Cc2ccc(C)cc2)c1. The Hall–Kier alpha value is -2.18. The van der Waals surface area contributed by atoms with E-state index in [-0.39, 0.29) is 18.0 Å². The molecule has 2 unspecified atom stereocenters. The number of carbonyl (C=O) groups is 1. The predicted molar refractivity (Wildman–Crippen MR) is 126 cm³/mol. The van der Waals surface area contributed by atoms with Crippen molar-refractivity contribution in [3.63, 3.8) is 0 Å². The van der Waals surface area contributed by atoms with Crippen molar-refractivity contribution in [1.82, 2.24) is 9.62 Å². The largest absolute Gasteiger partial charge is 0.338 e. The number of sulfonamides is 1. The molecule has 1 heterocycles. The molecule has 2 atom stereocenters. The number of hydrogen-bond donors (Lipinski definition) is 1. The number of piperidine rings is 1. The first-order valence-corrected chi connectivity index (χ1v) is 13.0. The molecule has 2 aromatic carbocycles. The van der Waals surface area contributed by atoms with Gasteiger partial charge in [-0.3, -0.25) is 4.79 Å². The van der Waals surface area contributed by atoms with Crippen LogP contribution in [0.4, 0.5) is 0 Å². The second-order valence-corrected chi connectivity index (χ2v) is 10.5. The minimum Gasteiger partial charge on any atom is -0.338 e. The summed E-state index contributed by atoms with van der Waals surface area (Å²) in [7, 11) is -3.35. The van der Waals surface area contributed by atoms with Gasteiger partial charge in [-0.2, -0.15) is 0 Å². The Kier molecular flexibility index (Phi) is 7.89. The maximum Gasteiger partial charge on any atom is 0.222 e. The summed E-state index contributed by atoms with van der Waals surface area (Å²) in [5.41, 5.74) is 4.86. The summed E-state index contributed by atoms with van der Waals surface area (Å²) < 4.78 is 26.7. The minimum atomic E-state index is -3.35. The van der Waals surface area contributed by atoms with Crippen molar-refractivity contribution >= 4 is 15.9 Å². The van der Waals surface area contributed by atoms with Gasteiger partial charge in [-0.1, -0.05) is 61.0 Å². The fourth-order valence-electron chi connectivity index (χ4n) is 4.44. The molecular formula is C25H34N2O3S. The van der Waals surface area contributed by atoms with E-state index in [0.29, 0.717) is 19.4 Å².